The molecule has 1 atom stereocenters. The number of rotatable bonds is 3. The normalized spacial score (nSPS) is 12.4. The third kappa shape index (κ3) is 2.41. The zero-order chi connectivity index (χ0) is 10.7. The molecular formula is C12H11BrOS. The van der Waals surface area contributed by atoms with E-state index in [4.69, 9.17) is 4.74 Å². The Morgan fingerprint density at radius 3 is 2.47 bits per heavy atom. The molecule has 1 nitrogen and oxygen atoms in total. The molecule has 0 saturated carbocycles. The molecule has 0 saturated heterocycles. The minimum Gasteiger partial charge on any atom is -0.497 e. The summed E-state index contributed by atoms with van der Waals surface area (Å²) in [5, 5.41) is 2.09. The molecule has 2 rings (SSSR count). The standard InChI is InChI=1S/C12H11BrOS/c1-14-10-6-4-9(5-7-10)12(13)11-3-2-8-15-11/h2-8,12H,1H3. The lowest BCUT2D eigenvalue weighted by Gasteiger charge is -2.08. The molecular weight excluding hydrogens is 272 g/mol. The maximum Gasteiger partial charge on any atom is 0.118 e. The first-order chi connectivity index (χ1) is 7.31. The molecule has 1 aromatic heterocycles. The van der Waals surface area contributed by atoms with E-state index in [2.05, 4.69) is 45.6 Å². The third-order valence-electron chi connectivity index (χ3n) is 2.20. The van der Waals surface area contributed by atoms with Crippen molar-refractivity contribution in [2.45, 2.75) is 4.83 Å². The lowest BCUT2D eigenvalue weighted by molar-refractivity contribution is 0.414. The predicted octanol–water partition coefficient (Wildman–Crippen LogP) is 4.24. The molecule has 0 radical (unpaired) electrons. The molecule has 1 heterocycles. The zero-order valence-corrected chi connectivity index (χ0v) is 10.7. The van der Waals surface area contributed by atoms with Crippen LogP contribution < -0.4 is 4.74 Å². The van der Waals surface area contributed by atoms with Crippen LogP contribution in [0.4, 0.5) is 0 Å². The lowest BCUT2D eigenvalue weighted by atomic mass is 10.1. The van der Waals surface area contributed by atoms with Gasteiger partial charge in [-0.2, -0.15) is 0 Å². The van der Waals surface area contributed by atoms with Gasteiger partial charge in [0.25, 0.3) is 0 Å². The fourth-order valence-electron chi connectivity index (χ4n) is 1.37. The number of hydrogen-bond acceptors (Lipinski definition) is 2. The van der Waals surface area contributed by atoms with Crippen molar-refractivity contribution in [3.05, 3.63) is 52.2 Å². The molecule has 0 fully saturated rings. The smallest absolute Gasteiger partial charge is 0.118 e. The molecule has 0 bridgehead atoms. The van der Waals surface area contributed by atoms with Crippen LogP contribution in [0.3, 0.4) is 0 Å². The van der Waals surface area contributed by atoms with Crippen LogP contribution in [-0.4, -0.2) is 7.11 Å². The number of benzene rings is 1. The number of alkyl halides is 1. The molecule has 0 aliphatic rings. The first-order valence-corrected chi connectivity index (χ1v) is 6.42. The molecule has 15 heavy (non-hydrogen) atoms. The van der Waals surface area contributed by atoms with Crippen molar-refractivity contribution in [2.75, 3.05) is 7.11 Å². The minimum atomic E-state index is 0.281. The van der Waals surface area contributed by atoms with E-state index in [1.165, 1.54) is 10.4 Å². The molecule has 3 heteroatoms. The maximum atomic E-state index is 5.13. The number of thiophene rings is 1. The summed E-state index contributed by atoms with van der Waals surface area (Å²) in [4.78, 5) is 1.60. The second kappa shape index (κ2) is 4.81. The van der Waals surface area contributed by atoms with Gasteiger partial charge in [-0.3, -0.25) is 0 Å². The monoisotopic (exact) mass is 282 g/mol. The van der Waals surface area contributed by atoms with Gasteiger partial charge in [-0.1, -0.05) is 34.1 Å². The highest BCUT2D eigenvalue weighted by Gasteiger charge is 2.10. The largest absolute Gasteiger partial charge is 0.497 e. The zero-order valence-electron chi connectivity index (χ0n) is 8.31. The van der Waals surface area contributed by atoms with Gasteiger partial charge >= 0.3 is 0 Å². The van der Waals surface area contributed by atoms with Crippen LogP contribution in [0.2, 0.25) is 0 Å². The molecule has 1 aromatic carbocycles. The van der Waals surface area contributed by atoms with E-state index in [0.717, 1.165) is 5.75 Å². The summed E-state index contributed by atoms with van der Waals surface area (Å²) in [6.45, 7) is 0. The van der Waals surface area contributed by atoms with Crippen molar-refractivity contribution < 1.29 is 4.74 Å². The highest BCUT2D eigenvalue weighted by Crippen LogP contribution is 2.34. The Hall–Kier alpha value is -0.800. The molecule has 0 amide bonds. The second-order valence-corrected chi connectivity index (χ2v) is 5.05. The minimum absolute atomic E-state index is 0.281. The highest BCUT2D eigenvalue weighted by atomic mass is 79.9. The first-order valence-electron chi connectivity index (χ1n) is 4.62. The van der Waals surface area contributed by atoms with E-state index in [9.17, 15) is 0 Å². The summed E-state index contributed by atoms with van der Waals surface area (Å²) in [5.41, 5.74) is 1.25. The average molecular weight is 283 g/mol. The van der Waals surface area contributed by atoms with Crippen LogP contribution in [0.1, 0.15) is 15.3 Å². The highest BCUT2D eigenvalue weighted by molar-refractivity contribution is 9.09. The van der Waals surface area contributed by atoms with Gasteiger partial charge < -0.3 is 4.74 Å². The Kier molecular flexibility index (Phi) is 3.44. The van der Waals surface area contributed by atoms with E-state index in [-0.39, 0.29) is 4.83 Å². The number of halogens is 1. The molecule has 78 valence electrons. The van der Waals surface area contributed by atoms with E-state index >= 15 is 0 Å². The van der Waals surface area contributed by atoms with Gasteiger partial charge in [-0.05, 0) is 29.1 Å². The second-order valence-electron chi connectivity index (χ2n) is 3.15. The fourth-order valence-corrected chi connectivity index (χ4v) is 2.88. The van der Waals surface area contributed by atoms with E-state index in [0.29, 0.717) is 0 Å². The Morgan fingerprint density at radius 2 is 1.93 bits per heavy atom. The number of ether oxygens (including phenoxy) is 1. The fraction of sp³-hybridized carbons (Fsp3) is 0.167. The summed E-state index contributed by atoms with van der Waals surface area (Å²) >= 11 is 5.45. The maximum absolute atomic E-state index is 5.13. The summed E-state index contributed by atoms with van der Waals surface area (Å²) in [5.74, 6) is 0.893. The first kappa shape index (κ1) is 10.7. The Bertz CT molecular complexity index is 408. The van der Waals surface area contributed by atoms with Gasteiger partial charge in [0.2, 0.25) is 0 Å². The molecule has 0 aliphatic heterocycles. The Morgan fingerprint density at radius 1 is 1.20 bits per heavy atom. The molecule has 2 aromatic rings. The van der Waals surface area contributed by atoms with Crippen molar-refractivity contribution in [3.8, 4) is 5.75 Å². The van der Waals surface area contributed by atoms with Gasteiger partial charge in [-0.25, -0.2) is 0 Å². The van der Waals surface area contributed by atoms with Gasteiger partial charge in [0, 0.05) is 4.88 Å². The van der Waals surface area contributed by atoms with Gasteiger partial charge in [0.05, 0.1) is 11.9 Å². The Balaban J connectivity index is 2.22. The van der Waals surface area contributed by atoms with Crippen molar-refractivity contribution in [3.63, 3.8) is 0 Å². The third-order valence-corrected chi connectivity index (χ3v) is 4.46. The number of hydrogen-bond donors (Lipinski definition) is 0. The predicted molar refractivity (Wildman–Crippen MR) is 68.1 cm³/mol. The average Bonchev–Trinajstić information content (AvgIpc) is 2.82. The molecule has 0 N–H and O–H groups in total. The van der Waals surface area contributed by atoms with Gasteiger partial charge in [0.1, 0.15) is 5.75 Å². The van der Waals surface area contributed by atoms with Crippen LogP contribution in [0.25, 0.3) is 0 Å². The molecule has 0 spiro atoms. The quantitative estimate of drug-likeness (QED) is 0.765. The van der Waals surface area contributed by atoms with Crippen molar-refractivity contribution in [1.82, 2.24) is 0 Å². The molecule has 0 aliphatic carbocycles. The Labute approximate surface area is 102 Å². The molecule has 1 unspecified atom stereocenters. The van der Waals surface area contributed by atoms with Crippen LogP contribution in [0, 0.1) is 0 Å². The summed E-state index contributed by atoms with van der Waals surface area (Å²) in [6, 6.07) is 12.3. The van der Waals surface area contributed by atoms with Crippen LogP contribution in [0.15, 0.2) is 41.8 Å². The van der Waals surface area contributed by atoms with Crippen LogP contribution >= 0.6 is 27.3 Å². The SMILES string of the molecule is COc1ccc(C(Br)c2cccs2)cc1. The summed E-state index contributed by atoms with van der Waals surface area (Å²) < 4.78 is 5.13. The van der Waals surface area contributed by atoms with Crippen LogP contribution in [-0.2, 0) is 0 Å². The van der Waals surface area contributed by atoms with E-state index in [1.54, 1.807) is 18.4 Å². The van der Waals surface area contributed by atoms with Gasteiger partial charge in [-0.15, -0.1) is 11.3 Å². The van der Waals surface area contributed by atoms with Crippen molar-refractivity contribution >= 4 is 27.3 Å². The van der Waals surface area contributed by atoms with E-state index in [1.807, 2.05) is 12.1 Å². The van der Waals surface area contributed by atoms with Crippen LogP contribution in [0.5, 0.6) is 5.75 Å². The van der Waals surface area contributed by atoms with E-state index < -0.39 is 0 Å². The topological polar surface area (TPSA) is 9.23 Å². The number of methoxy groups -OCH3 is 1. The summed E-state index contributed by atoms with van der Waals surface area (Å²) in [7, 11) is 1.68. The van der Waals surface area contributed by atoms with Gasteiger partial charge in [0.15, 0.2) is 0 Å². The summed E-state index contributed by atoms with van der Waals surface area (Å²) in [6.07, 6.45) is 0. The lowest BCUT2D eigenvalue weighted by Crippen LogP contribution is -1.89. The van der Waals surface area contributed by atoms with Crippen molar-refractivity contribution in [2.24, 2.45) is 0 Å². The van der Waals surface area contributed by atoms with Crippen molar-refractivity contribution in [1.29, 1.82) is 0 Å².